The van der Waals surface area contributed by atoms with E-state index in [1.165, 1.54) is 12.1 Å². The molecule has 0 fully saturated rings. The van der Waals surface area contributed by atoms with Crippen molar-refractivity contribution >= 4 is 12.1 Å². The van der Waals surface area contributed by atoms with E-state index < -0.39 is 12.5 Å². The summed E-state index contributed by atoms with van der Waals surface area (Å²) in [6.45, 7) is -3.30. The zero-order chi connectivity index (χ0) is 12.7. The fraction of sp³-hybridized carbons (Fsp3) is 0.200. The van der Waals surface area contributed by atoms with Crippen LogP contribution in [-0.4, -0.2) is 25.3 Å². The van der Waals surface area contributed by atoms with Crippen LogP contribution in [-0.2, 0) is 9.63 Å². The molecule has 0 radical (unpaired) electrons. The third kappa shape index (κ3) is 4.92. The largest absolute Gasteiger partial charge is 0.434 e. The molecule has 0 saturated carbocycles. The van der Waals surface area contributed by atoms with E-state index in [1.807, 2.05) is 0 Å². The van der Waals surface area contributed by atoms with E-state index in [0.29, 0.717) is 5.56 Å². The number of nitrogens with zero attached hydrogens (tertiary/aromatic N) is 1. The molecule has 0 spiro atoms. The summed E-state index contributed by atoms with van der Waals surface area (Å²) in [5, 5.41) is 3.40. The van der Waals surface area contributed by atoms with Gasteiger partial charge >= 0.3 is 6.61 Å². The molecule has 1 aromatic rings. The summed E-state index contributed by atoms with van der Waals surface area (Å²) in [4.78, 5) is 14.8. The Bertz CT molecular complexity index is 410. The Morgan fingerprint density at radius 3 is 2.82 bits per heavy atom. The number of oxime groups is 1. The van der Waals surface area contributed by atoms with Crippen molar-refractivity contribution in [1.82, 2.24) is 0 Å². The van der Waals surface area contributed by atoms with Crippen LogP contribution in [0.25, 0.3) is 0 Å². The van der Waals surface area contributed by atoms with Crippen molar-refractivity contribution in [2.24, 2.45) is 10.9 Å². The number of ether oxygens (including phenoxy) is 1. The zero-order valence-electron chi connectivity index (χ0n) is 8.68. The minimum absolute atomic E-state index is 0.0334. The fourth-order valence-corrected chi connectivity index (χ4v) is 0.985. The van der Waals surface area contributed by atoms with Crippen LogP contribution in [0.15, 0.2) is 29.4 Å². The number of hydrogen-bond donors (Lipinski definition) is 1. The monoisotopic (exact) mass is 244 g/mol. The molecule has 1 aromatic carbocycles. The molecule has 0 unspecified atom stereocenters. The summed E-state index contributed by atoms with van der Waals surface area (Å²) >= 11 is 0. The van der Waals surface area contributed by atoms with Crippen LogP contribution in [0.5, 0.6) is 5.75 Å². The lowest BCUT2D eigenvalue weighted by molar-refractivity contribution is -0.122. The van der Waals surface area contributed by atoms with Crippen molar-refractivity contribution in [1.29, 1.82) is 0 Å². The van der Waals surface area contributed by atoms with Gasteiger partial charge in [-0.15, -0.1) is 0 Å². The quantitative estimate of drug-likeness (QED) is 0.602. The number of nitrogens with two attached hydrogens (primary N) is 1. The molecule has 0 saturated heterocycles. The predicted molar refractivity (Wildman–Crippen MR) is 55.8 cm³/mol. The number of hydrogen-bond acceptors (Lipinski definition) is 4. The molecule has 0 heterocycles. The SMILES string of the molecule is NC(=O)CO/N=C/c1ccccc1OC(F)F. The Labute approximate surface area is 95.8 Å². The second kappa shape index (κ2) is 6.41. The van der Waals surface area contributed by atoms with Gasteiger partial charge in [0.15, 0.2) is 6.61 Å². The van der Waals surface area contributed by atoms with Crippen LogP contribution < -0.4 is 10.5 Å². The molecule has 1 amide bonds. The number of para-hydroxylation sites is 1. The summed E-state index contributed by atoms with van der Waals surface area (Å²) < 4.78 is 28.3. The van der Waals surface area contributed by atoms with Gasteiger partial charge in [-0.1, -0.05) is 17.3 Å². The topological polar surface area (TPSA) is 73.9 Å². The molecule has 0 aliphatic rings. The van der Waals surface area contributed by atoms with Crippen LogP contribution in [0.2, 0.25) is 0 Å². The first-order valence-corrected chi connectivity index (χ1v) is 4.57. The lowest BCUT2D eigenvalue weighted by Gasteiger charge is -2.06. The lowest BCUT2D eigenvalue weighted by atomic mass is 10.2. The number of benzene rings is 1. The van der Waals surface area contributed by atoms with Gasteiger partial charge in [0.2, 0.25) is 0 Å². The van der Waals surface area contributed by atoms with E-state index in [-0.39, 0.29) is 12.4 Å². The van der Waals surface area contributed by atoms with Crippen molar-refractivity contribution in [3.05, 3.63) is 29.8 Å². The van der Waals surface area contributed by atoms with Gasteiger partial charge in [-0.3, -0.25) is 4.79 Å². The molecule has 92 valence electrons. The molecular formula is C10H10F2N2O3. The highest BCUT2D eigenvalue weighted by Gasteiger charge is 2.07. The van der Waals surface area contributed by atoms with Crippen molar-refractivity contribution in [3.63, 3.8) is 0 Å². The Morgan fingerprint density at radius 2 is 2.18 bits per heavy atom. The van der Waals surface area contributed by atoms with Gasteiger partial charge < -0.3 is 15.3 Å². The van der Waals surface area contributed by atoms with Gasteiger partial charge in [0.25, 0.3) is 5.91 Å². The first-order valence-electron chi connectivity index (χ1n) is 4.57. The van der Waals surface area contributed by atoms with Crippen molar-refractivity contribution in [2.75, 3.05) is 6.61 Å². The molecular weight excluding hydrogens is 234 g/mol. The maximum absolute atomic E-state index is 12.0. The van der Waals surface area contributed by atoms with E-state index in [9.17, 15) is 13.6 Å². The second-order valence-electron chi connectivity index (χ2n) is 2.89. The standard InChI is InChI=1S/C10H10F2N2O3/c11-10(12)17-8-4-2-1-3-7(8)5-14-16-6-9(13)15/h1-5,10H,6H2,(H2,13,15)/b14-5+. The summed E-state index contributed by atoms with van der Waals surface area (Å²) in [5.41, 5.74) is 5.11. The average Bonchev–Trinajstić information content (AvgIpc) is 2.25. The number of carbonyl (C=O) groups is 1. The van der Waals surface area contributed by atoms with E-state index in [1.54, 1.807) is 12.1 Å². The molecule has 0 aliphatic heterocycles. The van der Waals surface area contributed by atoms with Crippen LogP contribution in [0, 0.1) is 0 Å². The molecule has 0 aliphatic carbocycles. The Balaban J connectivity index is 2.66. The van der Waals surface area contributed by atoms with E-state index in [0.717, 1.165) is 6.21 Å². The second-order valence-corrected chi connectivity index (χ2v) is 2.89. The summed E-state index contributed by atoms with van der Waals surface area (Å²) in [7, 11) is 0. The molecule has 7 heteroatoms. The first-order chi connectivity index (χ1) is 8.09. The van der Waals surface area contributed by atoms with Crippen molar-refractivity contribution < 1.29 is 23.1 Å². The summed E-state index contributed by atoms with van der Waals surface area (Å²) in [5.74, 6) is -0.715. The van der Waals surface area contributed by atoms with E-state index >= 15 is 0 Å². The van der Waals surface area contributed by atoms with E-state index in [4.69, 9.17) is 5.73 Å². The van der Waals surface area contributed by atoms with Crippen molar-refractivity contribution in [3.8, 4) is 5.75 Å². The van der Waals surface area contributed by atoms with Crippen LogP contribution >= 0.6 is 0 Å². The van der Waals surface area contributed by atoms with Crippen LogP contribution in [0.3, 0.4) is 0 Å². The highest BCUT2D eigenvalue weighted by Crippen LogP contribution is 2.18. The van der Waals surface area contributed by atoms with Gasteiger partial charge in [-0.05, 0) is 12.1 Å². The smallest absolute Gasteiger partial charge is 0.387 e. The maximum atomic E-state index is 12.0. The number of rotatable bonds is 6. The predicted octanol–water partition coefficient (Wildman–Crippen LogP) is 1.12. The molecule has 2 N–H and O–H groups in total. The fourth-order valence-electron chi connectivity index (χ4n) is 0.985. The molecule has 1 rings (SSSR count). The molecule has 0 atom stereocenters. The molecule has 5 nitrogen and oxygen atoms in total. The number of alkyl halides is 2. The average molecular weight is 244 g/mol. The minimum Gasteiger partial charge on any atom is -0.434 e. The highest BCUT2D eigenvalue weighted by molar-refractivity contribution is 5.83. The van der Waals surface area contributed by atoms with Gasteiger partial charge in [0.1, 0.15) is 5.75 Å². The highest BCUT2D eigenvalue weighted by atomic mass is 19.3. The Kier molecular flexibility index (Phi) is 4.86. The van der Waals surface area contributed by atoms with Crippen LogP contribution in [0.4, 0.5) is 8.78 Å². The normalized spacial score (nSPS) is 10.8. The first kappa shape index (κ1) is 12.9. The summed E-state index contributed by atoms with van der Waals surface area (Å²) in [6.07, 6.45) is 1.15. The van der Waals surface area contributed by atoms with Crippen molar-refractivity contribution in [2.45, 2.75) is 6.61 Å². The van der Waals surface area contributed by atoms with E-state index in [2.05, 4.69) is 14.7 Å². The Hall–Kier alpha value is -2.18. The maximum Gasteiger partial charge on any atom is 0.387 e. The van der Waals surface area contributed by atoms with Gasteiger partial charge in [0, 0.05) is 5.56 Å². The molecule has 17 heavy (non-hydrogen) atoms. The van der Waals surface area contributed by atoms with Crippen LogP contribution in [0.1, 0.15) is 5.56 Å². The zero-order valence-corrected chi connectivity index (χ0v) is 8.68. The van der Waals surface area contributed by atoms with Gasteiger partial charge in [-0.25, -0.2) is 0 Å². The number of halogens is 2. The number of carbonyl (C=O) groups excluding carboxylic acids is 1. The third-order valence-corrected chi connectivity index (χ3v) is 1.61. The number of primary amides is 1. The minimum atomic E-state index is -2.92. The Morgan fingerprint density at radius 1 is 1.47 bits per heavy atom. The van der Waals surface area contributed by atoms with Gasteiger partial charge in [-0.2, -0.15) is 8.78 Å². The molecule has 0 aromatic heterocycles. The lowest BCUT2D eigenvalue weighted by Crippen LogP contribution is -2.16. The molecule has 0 bridgehead atoms. The third-order valence-electron chi connectivity index (χ3n) is 1.61. The summed E-state index contributed by atoms with van der Waals surface area (Å²) in [6, 6.07) is 6.03. The number of amides is 1. The van der Waals surface area contributed by atoms with Gasteiger partial charge in [0.05, 0.1) is 6.21 Å².